The number of fused-ring (bicyclic) bond motifs is 2. The second-order valence-corrected chi connectivity index (χ2v) is 7.54. The zero-order valence-corrected chi connectivity index (χ0v) is 15.1. The number of likely N-dealkylation sites (tertiary alicyclic amines) is 1. The third-order valence-electron chi connectivity index (χ3n) is 5.94. The minimum Gasteiger partial charge on any atom is -0.395 e. The first kappa shape index (κ1) is 17.3. The monoisotopic (exact) mass is 350 g/mol. The highest BCUT2D eigenvalue weighted by atomic mass is 16.3. The Labute approximate surface area is 155 Å². The summed E-state index contributed by atoms with van der Waals surface area (Å²) in [5, 5.41) is 9.38. The smallest absolute Gasteiger partial charge is 0.254 e. The van der Waals surface area contributed by atoms with E-state index in [9.17, 15) is 9.90 Å². The van der Waals surface area contributed by atoms with E-state index < -0.39 is 0 Å². The van der Waals surface area contributed by atoms with Crippen molar-refractivity contribution in [2.24, 2.45) is 0 Å². The minimum atomic E-state index is 0.0180. The number of aliphatic hydroxyl groups excluding tert-OH is 1. The molecule has 1 spiro atoms. The molecule has 4 heteroatoms. The van der Waals surface area contributed by atoms with Crippen LogP contribution in [0.15, 0.2) is 54.6 Å². The third kappa shape index (κ3) is 3.15. The average molecular weight is 350 g/mol. The van der Waals surface area contributed by atoms with Crippen LogP contribution in [0.2, 0.25) is 0 Å². The maximum Gasteiger partial charge on any atom is 0.254 e. The molecule has 4 rings (SSSR count). The van der Waals surface area contributed by atoms with Crippen molar-refractivity contribution in [3.8, 4) is 0 Å². The summed E-state index contributed by atoms with van der Waals surface area (Å²) in [6.07, 6.45) is 2.10. The van der Waals surface area contributed by atoms with Crippen molar-refractivity contribution in [3.05, 3.63) is 71.3 Å². The second-order valence-electron chi connectivity index (χ2n) is 7.54. The Hall–Kier alpha value is -2.17. The summed E-state index contributed by atoms with van der Waals surface area (Å²) in [6, 6.07) is 18.7. The van der Waals surface area contributed by atoms with Crippen LogP contribution in [0.1, 0.15) is 34.3 Å². The standard InChI is InChI=1S/C22H26N2O2/c25-15-14-24-17-22(20-9-5-4-8-19(20)21(24)26)10-12-23(13-11-22)16-18-6-2-1-3-7-18/h1-9,25H,10-17H2. The molecule has 0 bridgehead atoms. The molecule has 1 N–H and O–H groups in total. The lowest BCUT2D eigenvalue weighted by molar-refractivity contribution is 0.0532. The van der Waals surface area contributed by atoms with Gasteiger partial charge in [0, 0.05) is 30.6 Å². The van der Waals surface area contributed by atoms with Crippen LogP contribution in [-0.2, 0) is 12.0 Å². The van der Waals surface area contributed by atoms with Crippen molar-refractivity contribution < 1.29 is 9.90 Å². The van der Waals surface area contributed by atoms with Crippen LogP contribution >= 0.6 is 0 Å². The maximum atomic E-state index is 12.7. The van der Waals surface area contributed by atoms with Crippen molar-refractivity contribution in [2.75, 3.05) is 32.8 Å². The molecular formula is C22H26N2O2. The number of benzene rings is 2. The van der Waals surface area contributed by atoms with E-state index in [0.717, 1.165) is 44.6 Å². The van der Waals surface area contributed by atoms with Gasteiger partial charge < -0.3 is 10.0 Å². The van der Waals surface area contributed by atoms with Crippen molar-refractivity contribution >= 4 is 5.91 Å². The topological polar surface area (TPSA) is 43.8 Å². The van der Waals surface area contributed by atoms with Crippen molar-refractivity contribution in [1.82, 2.24) is 9.80 Å². The van der Waals surface area contributed by atoms with E-state index in [1.54, 1.807) is 0 Å². The molecule has 2 aromatic carbocycles. The van der Waals surface area contributed by atoms with E-state index in [1.807, 2.05) is 23.1 Å². The number of hydrogen-bond acceptors (Lipinski definition) is 3. The lowest BCUT2D eigenvalue weighted by atomic mass is 9.68. The molecule has 2 aliphatic rings. The number of aliphatic hydroxyl groups is 1. The number of β-amino-alcohol motifs (C(OH)–C–C–N with tert-alkyl or cyclic N) is 1. The second kappa shape index (κ2) is 7.22. The molecule has 0 aliphatic carbocycles. The van der Waals surface area contributed by atoms with Crippen molar-refractivity contribution in [3.63, 3.8) is 0 Å². The van der Waals surface area contributed by atoms with Crippen LogP contribution in [0.5, 0.6) is 0 Å². The normalized spacial score (nSPS) is 19.6. The van der Waals surface area contributed by atoms with Crippen LogP contribution in [0.25, 0.3) is 0 Å². The molecule has 1 saturated heterocycles. The van der Waals surface area contributed by atoms with E-state index in [0.29, 0.717) is 6.54 Å². The number of piperidine rings is 1. The number of carbonyl (C=O) groups excluding carboxylic acids is 1. The summed E-state index contributed by atoms with van der Waals surface area (Å²) in [4.78, 5) is 17.1. The molecule has 0 radical (unpaired) electrons. The molecule has 4 nitrogen and oxygen atoms in total. The molecular weight excluding hydrogens is 324 g/mol. The summed E-state index contributed by atoms with van der Waals surface area (Å²) in [7, 11) is 0. The van der Waals surface area contributed by atoms with E-state index >= 15 is 0 Å². The number of carbonyl (C=O) groups is 1. The van der Waals surface area contributed by atoms with Gasteiger partial charge in [0.25, 0.3) is 5.91 Å². The fourth-order valence-electron chi connectivity index (χ4n) is 4.53. The first-order valence-electron chi connectivity index (χ1n) is 9.48. The Morgan fingerprint density at radius 3 is 2.38 bits per heavy atom. The Bertz CT molecular complexity index is 767. The molecule has 2 aliphatic heterocycles. The molecule has 1 amide bonds. The van der Waals surface area contributed by atoms with Crippen molar-refractivity contribution in [1.29, 1.82) is 0 Å². The van der Waals surface area contributed by atoms with Crippen molar-refractivity contribution in [2.45, 2.75) is 24.8 Å². The van der Waals surface area contributed by atoms with Gasteiger partial charge in [0.1, 0.15) is 0 Å². The first-order chi connectivity index (χ1) is 12.7. The zero-order chi connectivity index (χ0) is 18.0. The van der Waals surface area contributed by atoms with Crippen LogP contribution < -0.4 is 0 Å². The van der Waals surface area contributed by atoms with Gasteiger partial charge in [-0.1, -0.05) is 48.5 Å². The highest BCUT2D eigenvalue weighted by molar-refractivity contribution is 5.97. The lowest BCUT2D eigenvalue weighted by Crippen LogP contribution is -2.54. The molecule has 1 fully saturated rings. The number of nitrogens with zero attached hydrogens (tertiary/aromatic N) is 2. The van der Waals surface area contributed by atoms with Gasteiger partial charge in [0.05, 0.1) is 6.61 Å². The Kier molecular flexibility index (Phi) is 4.79. The number of amides is 1. The molecule has 0 aromatic heterocycles. The minimum absolute atomic E-state index is 0.0180. The molecule has 2 aromatic rings. The quantitative estimate of drug-likeness (QED) is 0.922. The SMILES string of the molecule is O=C1c2ccccc2C2(CCN(Cc3ccccc3)CC2)CN1CCO. The van der Waals surface area contributed by atoms with Crippen LogP contribution in [0.4, 0.5) is 0 Å². The molecule has 0 unspecified atom stereocenters. The Balaban J connectivity index is 1.55. The summed E-state index contributed by atoms with van der Waals surface area (Å²) in [5.41, 5.74) is 3.40. The molecule has 0 atom stereocenters. The van der Waals surface area contributed by atoms with E-state index in [2.05, 4.69) is 41.3 Å². The summed E-state index contributed by atoms with van der Waals surface area (Å²) < 4.78 is 0. The molecule has 2 heterocycles. The predicted octanol–water partition coefficient (Wildman–Crippen LogP) is 2.67. The Morgan fingerprint density at radius 2 is 1.65 bits per heavy atom. The van der Waals surface area contributed by atoms with Gasteiger partial charge in [-0.25, -0.2) is 0 Å². The summed E-state index contributed by atoms with van der Waals surface area (Å²) in [6.45, 7) is 4.21. The van der Waals surface area contributed by atoms with Gasteiger partial charge in [-0.2, -0.15) is 0 Å². The number of rotatable bonds is 4. The molecule has 26 heavy (non-hydrogen) atoms. The highest BCUT2D eigenvalue weighted by Gasteiger charge is 2.44. The van der Waals surface area contributed by atoms with Crippen LogP contribution in [0.3, 0.4) is 0 Å². The van der Waals surface area contributed by atoms with Gasteiger partial charge in [-0.15, -0.1) is 0 Å². The summed E-state index contributed by atoms with van der Waals surface area (Å²) >= 11 is 0. The number of hydrogen-bond donors (Lipinski definition) is 1. The predicted molar refractivity (Wildman–Crippen MR) is 102 cm³/mol. The van der Waals surface area contributed by atoms with E-state index in [4.69, 9.17) is 0 Å². The van der Waals surface area contributed by atoms with Gasteiger partial charge >= 0.3 is 0 Å². The largest absolute Gasteiger partial charge is 0.395 e. The van der Waals surface area contributed by atoms with Gasteiger partial charge in [0.2, 0.25) is 0 Å². The fourth-order valence-corrected chi connectivity index (χ4v) is 4.53. The molecule has 136 valence electrons. The van der Waals surface area contributed by atoms with Gasteiger partial charge in [-0.05, 0) is 43.1 Å². The van der Waals surface area contributed by atoms with E-state index in [1.165, 1.54) is 11.1 Å². The third-order valence-corrected chi connectivity index (χ3v) is 5.94. The zero-order valence-electron chi connectivity index (χ0n) is 15.1. The van der Waals surface area contributed by atoms with Crippen LogP contribution in [-0.4, -0.2) is 53.6 Å². The van der Waals surface area contributed by atoms with Gasteiger partial charge in [-0.3, -0.25) is 9.69 Å². The molecule has 0 saturated carbocycles. The maximum absolute atomic E-state index is 12.7. The highest BCUT2D eigenvalue weighted by Crippen LogP contribution is 2.41. The summed E-state index contributed by atoms with van der Waals surface area (Å²) in [5.74, 6) is 0.0620. The van der Waals surface area contributed by atoms with E-state index in [-0.39, 0.29) is 17.9 Å². The average Bonchev–Trinajstić information content (AvgIpc) is 2.69. The first-order valence-corrected chi connectivity index (χ1v) is 9.48. The van der Waals surface area contributed by atoms with Gasteiger partial charge in [0.15, 0.2) is 0 Å². The lowest BCUT2D eigenvalue weighted by Gasteiger charge is -2.48. The fraction of sp³-hybridized carbons (Fsp3) is 0.409. The van der Waals surface area contributed by atoms with Crippen LogP contribution in [0, 0.1) is 0 Å². The Morgan fingerprint density at radius 1 is 0.962 bits per heavy atom.